The van der Waals surface area contributed by atoms with Gasteiger partial charge in [-0.25, -0.2) is 0 Å². The summed E-state index contributed by atoms with van der Waals surface area (Å²) < 4.78 is -0.626. The van der Waals surface area contributed by atoms with Crippen molar-refractivity contribution in [3.63, 3.8) is 0 Å². The van der Waals surface area contributed by atoms with E-state index in [1.807, 2.05) is 27.7 Å². The highest BCUT2D eigenvalue weighted by Gasteiger charge is 2.76. The number of carbonyl (C=O) groups is 3. The first-order valence-electron chi connectivity index (χ1n) is 10.8. The highest BCUT2D eigenvalue weighted by Crippen LogP contribution is 2.68. The average molecular weight is 426 g/mol. The van der Waals surface area contributed by atoms with E-state index in [9.17, 15) is 19.5 Å². The van der Waals surface area contributed by atoms with Gasteiger partial charge in [0.15, 0.2) is 0 Å². The van der Waals surface area contributed by atoms with E-state index in [2.05, 4.69) is 17.6 Å². The zero-order chi connectivity index (χ0) is 21.7. The summed E-state index contributed by atoms with van der Waals surface area (Å²) in [6.07, 6.45) is 1.61. The lowest BCUT2D eigenvalue weighted by molar-refractivity contribution is -0.144. The van der Waals surface area contributed by atoms with Crippen LogP contribution in [0, 0.1) is 23.7 Å². The molecular weight excluding hydrogens is 390 g/mol. The van der Waals surface area contributed by atoms with Crippen LogP contribution < -0.4 is 10.6 Å². The molecule has 8 atom stereocenters. The molecule has 0 saturated carbocycles. The maximum atomic E-state index is 13.8. The van der Waals surface area contributed by atoms with E-state index in [0.717, 1.165) is 12.8 Å². The molecule has 3 unspecified atom stereocenters. The van der Waals surface area contributed by atoms with E-state index in [1.54, 1.807) is 23.7 Å². The molecule has 3 aliphatic rings. The number of likely N-dealkylation sites (tertiary alicyclic amines) is 1. The van der Waals surface area contributed by atoms with Gasteiger partial charge in [-0.1, -0.05) is 27.2 Å². The van der Waals surface area contributed by atoms with Crippen molar-refractivity contribution in [3.8, 4) is 0 Å². The normalized spacial score (nSPS) is 37.6. The second kappa shape index (κ2) is 8.10. The molecule has 8 heteroatoms. The number of nitrogens with one attached hydrogen (secondary N) is 2. The largest absolute Gasteiger partial charge is 0.394 e. The lowest BCUT2D eigenvalue weighted by Crippen LogP contribution is -2.60. The topological polar surface area (TPSA) is 98.7 Å². The number of rotatable bonds is 7. The van der Waals surface area contributed by atoms with Crippen molar-refractivity contribution in [2.75, 3.05) is 13.7 Å². The van der Waals surface area contributed by atoms with Gasteiger partial charge in [-0.2, -0.15) is 0 Å². The minimum absolute atomic E-state index is 0.0458. The van der Waals surface area contributed by atoms with Crippen LogP contribution in [0.5, 0.6) is 0 Å². The van der Waals surface area contributed by atoms with E-state index in [0.29, 0.717) is 0 Å². The van der Waals surface area contributed by atoms with Crippen molar-refractivity contribution in [3.05, 3.63) is 0 Å². The second-order valence-corrected chi connectivity index (χ2v) is 10.8. The smallest absolute Gasteiger partial charge is 0.244 e. The summed E-state index contributed by atoms with van der Waals surface area (Å²) in [5, 5.41) is 16.0. The van der Waals surface area contributed by atoms with Gasteiger partial charge in [0.2, 0.25) is 17.7 Å². The van der Waals surface area contributed by atoms with Gasteiger partial charge in [-0.15, -0.1) is 11.8 Å². The van der Waals surface area contributed by atoms with Gasteiger partial charge in [-0.05, 0) is 32.1 Å². The van der Waals surface area contributed by atoms with Gasteiger partial charge in [-0.3, -0.25) is 14.4 Å². The maximum Gasteiger partial charge on any atom is 0.244 e. The predicted octanol–water partition coefficient (Wildman–Crippen LogP) is 1.00. The summed E-state index contributed by atoms with van der Waals surface area (Å²) in [6, 6.07) is -1.17. The van der Waals surface area contributed by atoms with Crippen molar-refractivity contribution in [1.82, 2.24) is 15.5 Å². The van der Waals surface area contributed by atoms with Gasteiger partial charge in [0.1, 0.15) is 6.04 Å². The maximum absolute atomic E-state index is 13.8. The summed E-state index contributed by atoms with van der Waals surface area (Å²) in [4.78, 5) is 41.7. The third kappa shape index (κ3) is 3.17. The van der Waals surface area contributed by atoms with Gasteiger partial charge >= 0.3 is 0 Å². The minimum Gasteiger partial charge on any atom is -0.394 e. The van der Waals surface area contributed by atoms with Gasteiger partial charge in [0.05, 0.1) is 29.2 Å². The fraction of sp³-hybridized carbons (Fsp3) is 0.857. The first kappa shape index (κ1) is 22.4. The quantitative estimate of drug-likeness (QED) is 0.565. The molecule has 0 aromatic heterocycles. The summed E-state index contributed by atoms with van der Waals surface area (Å²) in [5.74, 6) is -1.21. The Bertz CT molecular complexity index is 687. The fourth-order valence-electron chi connectivity index (χ4n) is 5.76. The number of amides is 3. The molecule has 3 N–H and O–H groups in total. The first-order valence-corrected chi connectivity index (χ1v) is 11.7. The van der Waals surface area contributed by atoms with Gasteiger partial charge in [0, 0.05) is 18.3 Å². The zero-order valence-corrected chi connectivity index (χ0v) is 19.1. The summed E-state index contributed by atoms with van der Waals surface area (Å²) in [5.41, 5.74) is 0. The van der Waals surface area contributed by atoms with Crippen LogP contribution in [-0.4, -0.2) is 69.5 Å². The number of carbonyl (C=O) groups excluding carboxylic acids is 3. The average Bonchev–Trinajstić information content (AvgIpc) is 3.25. The molecule has 3 heterocycles. The van der Waals surface area contributed by atoms with Crippen LogP contribution in [0.15, 0.2) is 0 Å². The van der Waals surface area contributed by atoms with Crippen molar-refractivity contribution >= 4 is 29.5 Å². The van der Waals surface area contributed by atoms with Crippen LogP contribution in [0.25, 0.3) is 0 Å². The van der Waals surface area contributed by atoms with Crippen molar-refractivity contribution < 1.29 is 19.5 Å². The Morgan fingerprint density at radius 1 is 1.31 bits per heavy atom. The monoisotopic (exact) mass is 425 g/mol. The molecule has 2 bridgehead atoms. The van der Waals surface area contributed by atoms with Crippen LogP contribution >= 0.6 is 11.8 Å². The molecule has 29 heavy (non-hydrogen) atoms. The lowest BCUT2D eigenvalue weighted by atomic mass is 9.66. The first-order chi connectivity index (χ1) is 13.6. The number of aliphatic hydroxyl groups is 1. The van der Waals surface area contributed by atoms with Gasteiger partial charge < -0.3 is 20.6 Å². The predicted molar refractivity (Wildman–Crippen MR) is 113 cm³/mol. The molecule has 1 spiro atoms. The van der Waals surface area contributed by atoms with Crippen LogP contribution in [0.3, 0.4) is 0 Å². The van der Waals surface area contributed by atoms with Crippen molar-refractivity contribution in [1.29, 1.82) is 0 Å². The summed E-state index contributed by atoms with van der Waals surface area (Å²) >= 11 is 1.66. The number of hydrogen-bond acceptors (Lipinski definition) is 5. The third-order valence-electron chi connectivity index (χ3n) is 7.26. The Labute approximate surface area is 177 Å². The van der Waals surface area contributed by atoms with E-state index in [4.69, 9.17) is 0 Å². The zero-order valence-electron chi connectivity index (χ0n) is 18.3. The Hall–Kier alpha value is -1.28. The van der Waals surface area contributed by atoms with Crippen LogP contribution in [0.4, 0.5) is 0 Å². The number of fused-ring (bicyclic) bond motifs is 1. The summed E-state index contributed by atoms with van der Waals surface area (Å²) in [7, 11) is 1.60. The molecule has 7 nitrogen and oxygen atoms in total. The molecule has 164 valence electrons. The molecule has 3 amide bonds. The molecule has 0 aromatic rings. The Kier molecular flexibility index (Phi) is 6.26. The molecule has 3 rings (SSSR count). The van der Waals surface area contributed by atoms with Crippen LogP contribution in [0.2, 0.25) is 0 Å². The Balaban J connectivity index is 2.13. The molecule has 3 fully saturated rings. The van der Waals surface area contributed by atoms with Crippen molar-refractivity contribution in [2.45, 2.75) is 75.6 Å². The highest BCUT2D eigenvalue weighted by atomic mass is 32.2. The highest BCUT2D eigenvalue weighted by molar-refractivity contribution is 8.02. The fourth-order valence-corrected chi connectivity index (χ4v) is 8.17. The molecule has 3 saturated heterocycles. The Morgan fingerprint density at radius 2 is 1.97 bits per heavy atom. The van der Waals surface area contributed by atoms with E-state index < -0.39 is 28.7 Å². The minimum atomic E-state index is -0.673. The number of nitrogens with zero attached hydrogens (tertiary/aromatic N) is 1. The van der Waals surface area contributed by atoms with Crippen LogP contribution in [-0.2, 0) is 14.4 Å². The standard InChI is InChI=1S/C21H35N3O4S/c1-7-11(4)13(9-25)24-17(19(27)23-10(2)3)21-12(5)8-14(29-21)15(18(26)22-6)16(21)20(24)28/h10-17,25H,7-9H2,1-6H3,(H,22,26)(H,23,27)/t11-,12?,13-,14-,15+,16-,17?,21?/m0/s1. The number of thioether (sulfide) groups is 1. The van der Waals surface area contributed by atoms with Crippen LogP contribution in [0.1, 0.15) is 47.5 Å². The van der Waals surface area contributed by atoms with E-state index in [-0.39, 0.29) is 47.5 Å². The van der Waals surface area contributed by atoms with E-state index in [1.165, 1.54) is 0 Å². The van der Waals surface area contributed by atoms with Crippen molar-refractivity contribution in [2.24, 2.45) is 23.7 Å². The summed E-state index contributed by atoms with van der Waals surface area (Å²) in [6.45, 7) is 9.74. The SMILES string of the molecule is CC[C@H](C)[C@H](CO)N1C(=O)[C@@H]2[C@H](C(=O)NC)[C@@H]3CC(C)C2(S3)C1C(=O)NC(C)C. The molecule has 0 radical (unpaired) electrons. The molecule has 3 aliphatic heterocycles. The number of aliphatic hydroxyl groups excluding tert-OH is 1. The Morgan fingerprint density at radius 3 is 2.48 bits per heavy atom. The molecule has 0 aliphatic carbocycles. The molecule has 0 aromatic carbocycles. The third-order valence-corrected chi connectivity index (χ3v) is 9.33. The lowest BCUT2D eigenvalue weighted by Gasteiger charge is -2.41. The molecular formula is C21H35N3O4S. The van der Waals surface area contributed by atoms with E-state index >= 15 is 0 Å². The van der Waals surface area contributed by atoms with Gasteiger partial charge in [0.25, 0.3) is 0 Å². The second-order valence-electron chi connectivity index (χ2n) is 9.21. The number of hydrogen-bond donors (Lipinski definition) is 3.